The highest BCUT2D eigenvalue weighted by Crippen LogP contribution is 2.20. The van der Waals surface area contributed by atoms with Crippen LogP contribution < -0.4 is 0 Å². The van der Waals surface area contributed by atoms with E-state index in [1.807, 2.05) is 36.4 Å². The first-order chi connectivity index (χ1) is 13.8. The Kier molecular flexibility index (Phi) is 5.48. The van der Waals surface area contributed by atoms with Crippen LogP contribution in [0.4, 0.5) is 0 Å². The first-order valence-electron chi connectivity index (χ1n) is 9.47. The molecule has 0 radical (unpaired) electrons. The first-order valence-corrected chi connectivity index (χ1v) is 9.47. The van der Waals surface area contributed by atoms with Crippen molar-refractivity contribution in [3.63, 3.8) is 0 Å². The van der Waals surface area contributed by atoms with Gasteiger partial charge in [0.15, 0.2) is 13.2 Å². The number of benzene rings is 4. The van der Waals surface area contributed by atoms with Crippen LogP contribution in [0.5, 0.6) is 0 Å². The molecule has 0 unspecified atom stereocenters. The molecule has 0 aliphatic rings. The van der Waals surface area contributed by atoms with Crippen LogP contribution >= 0.6 is 0 Å². The van der Waals surface area contributed by atoms with Crippen LogP contribution in [0.15, 0.2) is 84.9 Å². The lowest BCUT2D eigenvalue weighted by atomic mass is 10.0. The highest BCUT2D eigenvalue weighted by atomic mass is 17.0. The Hall–Kier alpha value is -3.40. The van der Waals surface area contributed by atoms with Crippen molar-refractivity contribution < 1.29 is 14.8 Å². The molecular weight excluding hydrogens is 350 g/mol. The van der Waals surface area contributed by atoms with Gasteiger partial charge in [-0.15, -0.1) is 0 Å². The molecule has 0 amide bonds. The van der Waals surface area contributed by atoms with Gasteiger partial charge in [0.1, 0.15) is 4.91 Å². The van der Waals surface area contributed by atoms with E-state index < -0.39 is 0 Å². The maximum Gasteiger partial charge on any atom is 0.477 e. The highest BCUT2D eigenvalue weighted by Gasteiger charge is 2.13. The van der Waals surface area contributed by atoms with E-state index in [1.165, 1.54) is 21.5 Å². The molecule has 4 rings (SSSR count). The third-order valence-corrected chi connectivity index (χ3v) is 4.90. The topological polar surface area (TPSA) is 38.5 Å². The van der Waals surface area contributed by atoms with Gasteiger partial charge in [-0.3, -0.25) is 0 Å². The quantitative estimate of drug-likeness (QED) is 0.388. The molecule has 0 saturated heterocycles. The maximum absolute atomic E-state index is 11.8. The second-order valence-corrected chi connectivity index (χ2v) is 6.67. The summed E-state index contributed by atoms with van der Waals surface area (Å²) in [5, 5.41) is 4.97. The molecule has 4 aromatic rings. The van der Waals surface area contributed by atoms with E-state index in [0.29, 0.717) is 12.8 Å². The number of rotatable bonds is 8. The summed E-state index contributed by atoms with van der Waals surface area (Å²) in [6.07, 6.45) is 1.29. The maximum atomic E-state index is 11.8. The van der Waals surface area contributed by atoms with E-state index in [-0.39, 0.29) is 18.3 Å². The minimum absolute atomic E-state index is 0.232. The molecule has 0 N–H and O–H groups in total. The molecule has 4 aromatic carbocycles. The third kappa shape index (κ3) is 4.12. The summed E-state index contributed by atoms with van der Waals surface area (Å²) >= 11 is 0. The van der Waals surface area contributed by atoms with Crippen molar-refractivity contribution in [3.05, 3.63) is 101 Å². The van der Waals surface area contributed by atoms with Crippen molar-refractivity contribution in [1.29, 1.82) is 0 Å². The molecule has 4 heteroatoms. The zero-order chi connectivity index (χ0) is 19.2. The van der Waals surface area contributed by atoms with E-state index in [1.54, 1.807) is 0 Å². The van der Waals surface area contributed by atoms with E-state index >= 15 is 0 Å². The molecule has 0 spiro atoms. The SMILES string of the molecule is O=[N+](OCCc1cccc2ccccc12)OCCc1cccc2ccccc12. The fourth-order valence-electron chi connectivity index (χ4n) is 3.52. The van der Waals surface area contributed by atoms with Gasteiger partial charge in [0.05, 0.1) is 0 Å². The second-order valence-electron chi connectivity index (χ2n) is 6.67. The fourth-order valence-corrected chi connectivity index (χ4v) is 3.52. The van der Waals surface area contributed by atoms with Crippen molar-refractivity contribution in [1.82, 2.24) is 0 Å². The Morgan fingerprint density at radius 1 is 0.571 bits per heavy atom. The van der Waals surface area contributed by atoms with Gasteiger partial charge < -0.3 is 0 Å². The fraction of sp³-hybridized carbons (Fsp3) is 0.167. The van der Waals surface area contributed by atoms with Crippen molar-refractivity contribution in [2.45, 2.75) is 12.8 Å². The number of nitrogens with zero attached hydrogens (tertiary/aromatic N) is 1. The van der Waals surface area contributed by atoms with Crippen LogP contribution in [0.3, 0.4) is 0 Å². The molecule has 28 heavy (non-hydrogen) atoms. The van der Waals surface area contributed by atoms with Crippen molar-refractivity contribution in [2.75, 3.05) is 13.2 Å². The Bertz CT molecular complexity index is 1010. The second kappa shape index (κ2) is 8.53. The van der Waals surface area contributed by atoms with Crippen LogP contribution in [0, 0.1) is 4.91 Å². The lowest BCUT2D eigenvalue weighted by Gasteiger charge is -2.05. The summed E-state index contributed by atoms with van der Waals surface area (Å²) in [6.45, 7) is 0.539. The van der Waals surface area contributed by atoms with Crippen LogP contribution in [0.25, 0.3) is 21.5 Å². The van der Waals surface area contributed by atoms with Gasteiger partial charge in [0.2, 0.25) is 0 Å². The van der Waals surface area contributed by atoms with Gasteiger partial charge in [-0.1, -0.05) is 84.9 Å². The summed E-state index contributed by atoms with van der Waals surface area (Å²) in [5.74, 6) is 0. The number of hydrogen-bond acceptors (Lipinski definition) is 3. The standard InChI is InChI=1S/C24H22NO3/c26-25(27-17-15-21-11-5-9-19-7-1-3-13-23(19)21)28-18-16-22-12-6-10-20-8-2-4-14-24(20)22/h1-14H,15-18H2/q+1. The molecule has 4 nitrogen and oxygen atoms in total. The molecule has 0 fully saturated rings. The van der Waals surface area contributed by atoms with Crippen molar-refractivity contribution in [3.8, 4) is 0 Å². The van der Waals surface area contributed by atoms with E-state index in [0.717, 1.165) is 11.1 Å². The number of fused-ring (bicyclic) bond motifs is 2. The smallest absolute Gasteiger partial charge is 0.186 e. The molecule has 0 aliphatic heterocycles. The normalized spacial score (nSPS) is 10.9. The lowest BCUT2D eigenvalue weighted by molar-refractivity contribution is -0.981. The molecule has 140 valence electrons. The molecule has 0 bridgehead atoms. The predicted octanol–water partition coefficient (Wildman–Crippen LogP) is 5.42. The van der Waals surface area contributed by atoms with E-state index in [4.69, 9.17) is 9.68 Å². The molecule has 0 aromatic heterocycles. The minimum Gasteiger partial charge on any atom is -0.186 e. The number of hydrogen-bond donors (Lipinski definition) is 0. The van der Waals surface area contributed by atoms with Crippen LogP contribution in [-0.4, -0.2) is 18.3 Å². The summed E-state index contributed by atoms with van der Waals surface area (Å²) in [6, 6.07) is 28.7. The molecular formula is C24H22NO3+. The first kappa shape index (κ1) is 18.0. The van der Waals surface area contributed by atoms with Crippen LogP contribution in [-0.2, 0) is 22.5 Å². The zero-order valence-electron chi connectivity index (χ0n) is 15.6. The van der Waals surface area contributed by atoms with Gasteiger partial charge in [-0.05, 0) is 32.7 Å². The van der Waals surface area contributed by atoms with Crippen molar-refractivity contribution in [2.24, 2.45) is 0 Å². The van der Waals surface area contributed by atoms with Gasteiger partial charge in [-0.25, -0.2) is 0 Å². The molecule has 0 saturated carbocycles. The lowest BCUT2D eigenvalue weighted by Crippen LogP contribution is -2.14. The van der Waals surface area contributed by atoms with Gasteiger partial charge in [0.25, 0.3) is 0 Å². The Morgan fingerprint density at radius 2 is 1.00 bits per heavy atom. The summed E-state index contributed by atoms with van der Waals surface area (Å²) < 4.78 is 0. The monoisotopic (exact) mass is 372 g/mol. The minimum atomic E-state index is 0.232. The van der Waals surface area contributed by atoms with E-state index in [9.17, 15) is 4.91 Å². The van der Waals surface area contributed by atoms with E-state index in [2.05, 4.69) is 48.5 Å². The summed E-state index contributed by atoms with van der Waals surface area (Å²) in [7, 11) is 0. The summed E-state index contributed by atoms with van der Waals surface area (Å²) in [4.78, 5) is 22.2. The third-order valence-electron chi connectivity index (χ3n) is 4.90. The average molecular weight is 372 g/mol. The van der Waals surface area contributed by atoms with Crippen LogP contribution in [0.1, 0.15) is 11.1 Å². The largest absolute Gasteiger partial charge is 0.477 e. The molecule has 0 atom stereocenters. The average Bonchev–Trinajstić information content (AvgIpc) is 2.74. The predicted molar refractivity (Wildman–Crippen MR) is 111 cm³/mol. The molecule has 0 heterocycles. The summed E-state index contributed by atoms with van der Waals surface area (Å²) in [5.41, 5.74) is 2.31. The Labute approximate surface area is 163 Å². The van der Waals surface area contributed by atoms with Crippen molar-refractivity contribution >= 4 is 21.5 Å². The Morgan fingerprint density at radius 3 is 1.50 bits per heavy atom. The van der Waals surface area contributed by atoms with Crippen LogP contribution in [0.2, 0.25) is 0 Å². The van der Waals surface area contributed by atoms with Gasteiger partial charge >= 0.3 is 5.09 Å². The zero-order valence-corrected chi connectivity index (χ0v) is 15.6. The highest BCUT2D eigenvalue weighted by molar-refractivity contribution is 5.86. The van der Waals surface area contributed by atoms with Gasteiger partial charge in [0, 0.05) is 12.8 Å². The van der Waals surface area contributed by atoms with Gasteiger partial charge in [-0.2, -0.15) is 9.68 Å². The molecule has 0 aliphatic carbocycles. The Balaban J connectivity index is 1.27.